The van der Waals surface area contributed by atoms with Crippen LogP contribution in [-0.4, -0.2) is 11.3 Å². The number of aromatic nitrogens is 1. The summed E-state index contributed by atoms with van der Waals surface area (Å²) < 4.78 is 175. The molecule has 10 aromatic carbocycles. The van der Waals surface area contributed by atoms with Gasteiger partial charge in [0.05, 0.1) is 39.0 Å². The number of benzene rings is 10. The van der Waals surface area contributed by atoms with E-state index >= 15 is 0 Å². The lowest BCUT2D eigenvalue weighted by Gasteiger charge is -2.44. The topological polar surface area (TPSA) is 11.4 Å². The van der Waals surface area contributed by atoms with Crippen LogP contribution in [0.15, 0.2) is 218 Å². The minimum absolute atomic E-state index is 0.0123. The highest BCUT2D eigenvalue weighted by atomic mass is 19.4. The fourth-order valence-corrected chi connectivity index (χ4v) is 11.6. The average Bonchev–Trinajstić information content (AvgIpc) is 2.11. The molecule has 11 aromatic rings. The molecule has 0 amide bonds. The number of nitrogens with zero attached hydrogens (tertiary/aromatic N) is 3. The van der Waals surface area contributed by atoms with Crippen molar-refractivity contribution >= 4 is 79.0 Å². The maximum atomic E-state index is 14.6. The molecule has 3 heterocycles. The van der Waals surface area contributed by atoms with Crippen LogP contribution in [0.2, 0.25) is 0 Å². The molecule has 1 aromatic heterocycles. The minimum Gasteiger partial charge on any atom is -0.311 e. The Balaban J connectivity index is 1.06. The summed E-state index contributed by atoms with van der Waals surface area (Å²) in [5, 5.41) is 1.23. The zero-order valence-corrected chi connectivity index (χ0v) is 41.2. The number of anilines is 6. The van der Waals surface area contributed by atoms with E-state index in [1.54, 1.807) is 28.8 Å². The summed E-state index contributed by atoms with van der Waals surface area (Å²) >= 11 is 0. The SMILES string of the molecule is FC(F)(F)c1cc(-c2ccc(-n3c4ccccc4c4cc(-c5cc6c7c(c5)N(c5ccccc5)c5ccccc5B7c5ccccc5N6c5ccccc5)ccc43)c(-c3cc(C(F)(F)F)cc(C(F)(F)F)c3)c2)cc(C(F)(F)F)c1. The molecule has 0 radical (unpaired) electrons. The largest absolute Gasteiger partial charge is 0.416 e. The van der Waals surface area contributed by atoms with Gasteiger partial charge in [0.2, 0.25) is 0 Å². The zero-order valence-electron chi connectivity index (χ0n) is 41.2. The van der Waals surface area contributed by atoms with Crippen LogP contribution in [0.1, 0.15) is 22.3 Å². The number of alkyl halides is 12. The first-order chi connectivity index (χ1) is 38.2. The molecule has 394 valence electrons. The first-order valence-corrected chi connectivity index (χ1v) is 25.0. The molecular formula is C64H36BF12N3. The molecule has 13 rings (SSSR count). The third-order valence-corrected chi connectivity index (χ3v) is 15.0. The van der Waals surface area contributed by atoms with Crippen LogP contribution < -0.4 is 26.2 Å². The van der Waals surface area contributed by atoms with E-state index in [-0.39, 0.29) is 35.7 Å². The molecule has 0 fully saturated rings. The second-order valence-electron chi connectivity index (χ2n) is 19.7. The van der Waals surface area contributed by atoms with Gasteiger partial charge >= 0.3 is 24.7 Å². The maximum absolute atomic E-state index is 14.6. The molecule has 3 nitrogen and oxygen atoms in total. The molecule has 0 atom stereocenters. The van der Waals surface area contributed by atoms with Gasteiger partial charge in [0.1, 0.15) is 0 Å². The van der Waals surface area contributed by atoms with Gasteiger partial charge in [-0.05, 0) is 159 Å². The minimum atomic E-state index is -5.31. The van der Waals surface area contributed by atoms with Crippen molar-refractivity contribution in [2.75, 3.05) is 9.80 Å². The Morgan fingerprint density at radius 3 is 1.21 bits per heavy atom. The molecule has 0 spiro atoms. The summed E-state index contributed by atoms with van der Waals surface area (Å²) in [6, 6.07) is 58.7. The zero-order chi connectivity index (χ0) is 55.6. The van der Waals surface area contributed by atoms with Gasteiger partial charge in [0.25, 0.3) is 6.71 Å². The third-order valence-electron chi connectivity index (χ3n) is 15.0. The molecule has 2 aliphatic heterocycles. The van der Waals surface area contributed by atoms with Crippen molar-refractivity contribution in [1.82, 2.24) is 4.57 Å². The average molecular weight is 1090 g/mol. The molecule has 0 unspecified atom stereocenters. The fraction of sp³-hybridized carbons (Fsp3) is 0.0625. The molecule has 80 heavy (non-hydrogen) atoms. The number of fused-ring (bicyclic) bond motifs is 7. The Morgan fingerprint density at radius 1 is 0.287 bits per heavy atom. The molecule has 0 aliphatic carbocycles. The smallest absolute Gasteiger partial charge is 0.311 e. The number of hydrogen-bond acceptors (Lipinski definition) is 2. The van der Waals surface area contributed by atoms with Crippen molar-refractivity contribution in [3.63, 3.8) is 0 Å². The molecule has 0 saturated heterocycles. The van der Waals surface area contributed by atoms with Crippen molar-refractivity contribution in [2.45, 2.75) is 24.7 Å². The monoisotopic (exact) mass is 1090 g/mol. The lowest BCUT2D eigenvalue weighted by atomic mass is 9.33. The van der Waals surface area contributed by atoms with Crippen LogP contribution >= 0.6 is 0 Å². The van der Waals surface area contributed by atoms with E-state index in [4.69, 9.17) is 0 Å². The molecule has 2 aliphatic rings. The van der Waals surface area contributed by atoms with E-state index in [0.29, 0.717) is 46.1 Å². The Kier molecular flexibility index (Phi) is 11.4. The van der Waals surface area contributed by atoms with Gasteiger partial charge in [-0.1, -0.05) is 103 Å². The predicted octanol–water partition coefficient (Wildman–Crippen LogP) is 17.9. The van der Waals surface area contributed by atoms with Crippen molar-refractivity contribution in [3.8, 4) is 39.1 Å². The highest BCUT2D eigenvalue weighted by Crippen LogP contribution is 2.49. The summed E-state index contributed by atoms with van der Waals surface area (Å²) in [4.78, 5) is 4.50. The standard InChI is InChI=1S/C64H36BF12N3/c66-61(67,68)42-27-39(28-43(35-42)62(69,70)71)37-23-25-54(49(31-37)41-29-44(63(72,73)74)36-45(30-41)64(75,76)77)80-53-20-10-7-17-48(53)50-32-38(24-26-55(50)80)40-33-58-60-59(34-40)79(47-15-5-2-6-16-47)57-22-12-9-19-52(57)65(60)51-18-8-11-21-56(51)78(58)46-13-3-1-4-14-46/h1-36H. The first kappa shape index (κ1) is 50.3. The second kappa shape index (κ2) is 18.2. The third kappa shape index (κ3) is 8.43. The Hall–Kier alpha value is -9.18. The highest BCUT2D eigenvalue weighted by Gasteiger charge is 2.44. The maximum Gasteiger partial charge on any atom is 0.416 e. The van der Waals surface area contributed by atoms with Crippen molar-refractivity contribution < 1.29 is 52.7 Å². The van der Waals surface area contributed by atoms with E-state index < -0.39 is 58.1 Å². The quantitative estimate of drug-likeness (QED) is 0.121. The van der Waals surface area contributed by atoms with E-state index in [1.807, 2.05) is 103 Å². The molecule has 16 heteroatoms. The van der Waals surface area contributed by atoms with Crippen LogP contribution in [0.3, 0.4) is 0 Å². The lowest BCUT2D eigenvalue weighted by molar-refractivity contribution is -0.144. The number of rotatable bonds is 6. The summed E-state index contributed by atoms with van der Waals surface area (Å²) in [6.07, 6.45) is -21.1. The Bertz CT molecular complexity index is 4100. The van der Waals surface area contributed by atoms with Gasteiger partial charge in [0, 0.05) is 50.5 Å². The van der Waals surface area contributed by atoms with Gasteiger partial charge < -0.3 is 14.4 Å². The van der Waals surface area contributed by atoms with Crippen LogP contribution in [0, 0.1) is 0 Å². The summed E-state index contributed by atoms with van der Waals surface area (Å²) in [5.74, 6) is 0. The van der Waals surface area contributed by atoms with E-state index in [9.17, 15) is 52.7 Å². The fourth-order valence-electron chi connectivity index (χ4n) is 11.6. The van der Waals surface area contributed by atoms with Gasteiger partial charge in [-0.15, -0.1) is 0 Å². The van der Waals surface area contributed by atoms with Crippen LogP contribution in [0.25, 0.3) is 60.9 Å². The van der Waals surface area contributed by atoms with E-state index in [2.05, 4.69) is 46.2 Å². The normalized spacial score (nSPS) is 13.4. The number of hydrogen-bond donors (Lipinski definition) is 0. The van der Waals surface area contributed by atoms with Gasteiger partial charge in [-0.3, -0.25) is 0 Å². The predicted molar refractivity (Wildman–Crippen MR) is 291 cm³/mol. The van der Waals surface area contributed by atoms with Crippen LogP contribution in [0.5, 0.6) is 0 Å². The van der Waals surface area contributed by atoms with Crippen LogP contribution in [-0.2, 0) is 24.7 Å². The van der Waals surface area contributed by atoms with Crippen LogP contribution in [0.4, 0.5) is 86.8 Å². The van der Waals surface area contributed by atoms with Crippen molar-refractivity contribution in [3.05, 3.63) is 241 Å². The highest BCUT2D eigenvalue weighted by molar-refractivity contribution is 7.00. The first-order valence-electron chi connectivity index (χ1n) is 25.0. The van der Waals surface area contributed by atoms with E-state index in [0.717, 1.165) is 67.7 Å². The molecule has 0 N–H and O–H groups in total. The molecular weight excluding hydrogens is 1050 g/mol. The van der Waals surface area contributed by atoms with Gasteiger partial charge in [0.15, 0.2) is 0 Å². The number of halogens is 12. The molecule has 0 saturated carbocycles. The van der Waals surface area contributed by atoms with Gasteiger partial charge in [-0.25, -0.2) is 0 Å². The summed E-state index contributed by atoms with van der Waals surface area (Å²) in [5.41, 5.74) is 2.67. The Morgan fingerprint density at radius 2 is 0.700 bits per heavy atom. The van der Waals surface area contributed by atoms with Crippen molar-refractivity contribution in [2.24, 2.45) is 0 Å². The molecule has 0 bridgehead atoms. The van der Waals surface area contributed by atoms with Gasteiger partial charge in [-0.2, -0.15) is 52.7 Å². The van der Waals surface area contributed by atoms with Crippen molar-refractivity contribution in [1.29, 1.82) is 0 Å². The lowest BCUT2D eigenvalue weighted by Crippen LogP contribution is -2.61. The summed E-state index contributed by atoms with van der Waals surface area (Å²) in [7, 11) is 0. The Labute approximate surface area is 448 Å². The summed E-state index contributed by atoms with van der Waals surface area (Å²) in [6.45, 7) is -0.174. The second-order valence-corrected chi connectivity index (χ2v) is 19.7. The van der Waals surface area contributed by atoms with E-state index in [1.165, 1.54) is 12.1 Å². The number of para-hydroxylation sites is 5.